The summed E-state index contributed by atoms with van der Waals surface area (Å²) < 4.78 is 6.23. The maximum atomic E-state index is 13.2. The minimum Gasteiger partial charge on any atom is -0.497 e. The average molecular weight is 455 g/mol. The Morgan fingerprint density at radius 2 is 1.97 bits per heavy atom. The number of anilines is 1. The Morgan fingerprint density at radius 1 is 1.19 bits per heavy atom. The van der Waals surface area contributed by atoms with Crippen LogP contribution >= 0.6 is 11.3 Å². The van der Waals surface area contributed by atoms with Crippen LogP contribution in [0.5, 0.6) is 5.75 Å². The van der Waals surface area contributed by atoms with E-state index in [0.29, 0.717) is 23.8 Å². The Kier molecular flexibility index (Phi) is 7.91. The van der Waals surface area contributed by atoms with Gasteiger partial charge in [0, 0.05) is 31.3 Å². The van der Waals surface area contributed by atoms with Gasteiger partial charge in [0.1, 0.15) is 5.75 Å². The summed E-state index contributed by atoms with van der Waals surface area (Å²) in [6.45, 7) is 7.14. The number of ether oxygens (including phenoxy) is 1. The number of aromatic nitrogens is 1. The molecule has 0 unspecified atom stereocenters. The minimum absolute atomic E-state index is 0.0156. The van der Waals surface area contributed by atoms with Crippen LogP contribution < -0.4 is 9.64 Å². The Hall–Kier alpha value is -3.30. The summed E-state index contributed by atoms with van der Waals surface area (Å²) in [7, 11) is 1.61. The molecule has 2 aromatic carbocycles. The molecule has 0 aliphatic rings. The highest BCUT2D eigenvalue weighted by atomic mass is 32.1. The van der Waals surface area contributed by atoms with E-state index in [1.54, 1.807) is 30.2 Å². The number of likely N-dealkylation sites (N-methyl/N-ethyl adjacent to an activating group) is 1. The number of carbonyl (C=O) groups is 1. The molecule has 9 heteroatoms. The summed E-state index contributed by atoms with van der Waals surface area (Å²) in [5, 5.41) is 11.6. The van der Waals surface area contributed by atoms with E-state index in [1.807, 2.05) is 18.2 Å². The maximum Gasteiger partial charge on any atom is 0.270 e. The Bertz CT molecular complexity index is 1120. The van der Waals surface area contributed by atoms with Gasteiger partial charge in [-0.1, -0.05) is 37.3 Å². The number of non-ortho nitro benzene ring substituents is 1. The number of hydrogen-bond acceptors (Lipinski definition) is 7. The van der Waals surface area contributed by atoms with E-state index in [1.165, 1.54) is 29.5 Å². The van der Waals surface area contributed by atoms with Crippen molar-refractivity contribution < 1.29 is 14.5 Å². The van der Waals surface area contributed by atoms with E-state index in [0.717, 1.165) is 29.1 Å². The molecular weight excluding hydrogens is 428 g/mol. The SMILES string of the molecule is CCN(CC)CCN(C(=O)C=Cc1cccc([N+](=O)[O-])c1)c1nc2ccc(OC)cc2s1. The molecule has 0 spiro atoms. The molecule has 0 fully saturated rings. The van der Waals surface area contributed by atoms with E-state index < -0.39 is 4.92 Å². The first-order valence-electron chi connectivity index (χ1n) is 10.4. The first-order chi connectivity index (χ1) is 15.4. The van der Waals surface area contributed by atoms with E-state index in [-0.39, 0.29) is 11.6 Å². The molecule has 0 aliphatic heterocycles. The number of fused-ring (bicyclic) bond motifs is 1. The third-order valence-corrected chi connectivity index (χ3v) is 6.16. The Balaban J connectivity index is 1.88. The maximum absolute atomic E-state index is 13.2. The standard InChI is InChI=1S/C23H26N4O4S/c1-4-25(5-2)13-14-26(23-24-20-11-10-19(31-3)16-21(20)32-23)22(28)12-9-17-7-6-8-18(15-17)27(29)30/h6-12,15-16H,4-5,13-14H2,1-3H3. The molecule has 0 saturated heterocycles. The quantitative estimate of drug-likeness (QED) is 0.253. The molecule has 3 aromatic rings. The highest BCUT2D eigenvalue weighted by molar-refractivity contribution is 7.22. The molecule has 0 saturated carbocycles. The molecule has 32 heavy (non-hydrogen) atoms. The van der Waals surface area contributed by atoms with Crippen LogP contribution in [0.4, 0.5) is 10.8 Å². The number of hydrogen-bond donors (Lipinski definition) is 0. The van der Waals surface area contributed by atoms with Gasteiger partial charge in [0.05, 0.1) is 22.2 Å². The molecule has 8 nitrogen and oxygen atoms in total. The smallest absolute Gasteiger partial charge is 0.270 e. The zero-order valence-corrected chi connectivity index (χ0v) is 19.2. The number of nitro groups is 1. The summed E-state index contributed by atoms with van der Waals surface area (Å²) >= 11 is 1.43. The van der Waals surface area contributed by atoms with Crippen LogP contribution in [0.2, 0.25) is 0 Å². The molecular formula is C23H26N4O4S. The third-order valence-electron chi connectivity index (χ3n) is 5.11. The number of amides is 1. The highest BCUT2D eigenvalue weighted by Crippen LogP contribution is 2.31. The summed E-state index contributed by atoms with van der Waals surface area (Å²) in [4.78, 5) is 32.3. The van der Waals surface area contributed by atoms with Crippen molar-refractivity contribution in [3.05, 3.63) is 64.2 Å². The number of benzene rings is 2. The molecule has 1 amide bonds. The van der Waals surface area contributed by atoms with Crippen molar-refractivity contribution in [1.82, 2.24) is 9.88 Å². The number of nitro benzene ring substituents is 1. The lowest BCUT2D eigenvalue weighted by Crippen LogP contribution is -2.38. The molecule has 1 heterocycles. The van der Waals surface area contributed by atoms with Crippen molar-refractivity contribution in [1.29, 1.82) is 0 Å². The first-order valence-corrected chi connectivity index (χ1v) is 11.2. The molecule has 1 aromatic heterocycles. The molecule has 0 atom stereocenters. The van der Waals surface area contributed by atoms with Gasteiger partial charge in [-0.05, 0) is 42.9 Å². The van der Waals surface area contributed by atoms with Gasteiger partial charge < -0.3 is 9.64 Å². The summed E-state index contributed by atoms with van der Waals surface area (Å²) in [5.74, 6) is 0.508. The van der Waals surface area contributed by atoms with E-state index >= 15 is 0 Å². The van der Waals surface area contributed by atoms with Crippen LogP contribution in [-0.2, 0) is 4.79 Å². The van der Waals surface area contributed by atoms with Crippen molar-refractivity contribution in [3.63, 3.8) is 0 Å². The monoisotopic (exact) mass is 454 g/mol. The Morgan fingerprint density at radius 3 is 2.66 bits per heavy atom. The number of thiazole rings is 1. The van der Waals surface area contributed by atoms with E-state index in [9.17, 15) is 14.9 Å². The van der Waals surface area contributed by atoms with Gasteiger partial charge in [-0.3, -0.25) is 19.8 Å². The third kappa shape index (κ3) is 5.68. The second-order valence-electron chi connectivity index (χ2n) is 7.03. The number of carbonyl (C=O) groups excluding carboxylic acids is 1. The van der Waals surface area contributed by atoms with Crippen molar-refractivity contribution in [2.75, 3.05) is 38.2 Å². The number of rotatable bonds is 10. The van der Waals surface area contributed by atoms with Crippen LogP contribution in [0.15, 0.2) is 48.5 Å². The van der Waals surface area contributed by atoms with Gasteiger partial charge in [-0.15, -0.1) is 0 Å². The van der Waals surface area contributed by atoms with Crippen molar-refractivity contribution in [2.24, 2.45) is 0 Å². The van der Waals surface area contributed by atoms with E-state index in [2.05, 4.69) is 23.7 Å². The predicted octanol–water partition coefficient (Wildman–Crippen LogP) is 4.60. The largest absolute Gasteiger partial charge is 0.497 e. The summed E-state index contributed by atoms with van der Waals surface area (Å²) in [5.41, 5.74) is 1.37. The lowest BCUT2D eigenvalue weighted by Gasteiger charge is -2.23. The topological polar surface area (TPSA) is 88.8 Å². The molecule has 3 rings (SSSR count). The lowest BCUT2D eigenvalue weighted by molar-refractivity contribution is -0.384. The fraction of sp³-hybridized carbons (Fsp3) is 0.304. The van der Waals surface area contributed by atoms with Gasteiger partial charge in [-0.25, -0.2) is 4.98 Å². The highest BCUT2D eigenvalue weighted by Gasteiger charge is 2.19. The molecule has 168 valence electrons. The van der Waals surface area contributed by atoms with Crippen molar-refractivity contribution >= 4 is 44.4 Å². The Labute approximate surface area is 190 Å². The van der Waals surface area contributed by atoms with Crippen LogP contribution in [0.3, 0.4) is 0 Å². The molecule has 0 aliphatic carbocycles. The van der Waals surface area contributed by atoms with Crippen molar-refractivity contribution in [3.8, 4) is 5.75 Å². The second-order valence-corrected chi connectivity index (χ2v) is 8.04. The summed E-state index contributed by atoms with van der Waals surface area (Å²) in [6.07, 6.45) is 3.03. The fourth-order valence-electron chi connectivity index (χ4n) is 3.22. The van der Waals surface area contributed by atoms with Gasteiger partial charge in [0.15, 0.2) is 5.13 Å². The number of methoxy groups -OCH3 is 1. The van der Waals surface area contributed by atoms with E-state index in [4.69, 9.17) is 4.74 Å². The zero-order valence-electron chi connectivity index (χ0n) is 18.4. The minimum atomic E-state index is -0.453. The normalized spacial score (nSPS) is 11.4. The molecule has 0 N–H and O–H groups in total. The molecule has 0 radical (unpaired) electrons. The van der Waals surface area contributed by atoms with Crippen molar-refractivity contribution in [2.45, 2.75) is 13.8 Å². The van der Waals surface area contributed by atoms with Gasteiger partial charge in [-0.2, -0.15) is 0 Å². The van der Waals surface area contributed by atoms with Crippen LogP contribution in [0.25, 0.3) is 16.3 Å². The average Bonchev–Trinajstić information content (AvgIpc) is 3.23. The zero-order chi connectivity index (χ0) is 23.1. The molecule has 0 bridgehead atoms. The van der Waals surface area contributed by atoms with Crippen LogP contribution in [-0.4, -0.2) is 54.0 Å². The fourth-order valence-corrected chi connectivity index (χ4v) is 4.24. The van der Waals surface area contributed by atoms with Gasteiger partial charge in [0.25, 0.3) is 11.6 Å². The van der Waals surface area contributed by atoms with Crippen LogP contribution in [0, 0.1) is 10.1 Å². The van der Waals surface area contributed by atoms with Gasteiger partial charge >= 0.3 is 0 Å². The first kappa shape index (κ1) is 23.4. The predicted molar refractivity (Wildman–Crippen MR) is 128 cm³/mol. The summed E-state index contributed by atoms with van der Waals surface area (Å²) in [6, 6.07) is 11.8. The number of nitrogens with zero attached hydrogens (tertiary/aromatic N) is 4. The van der Waals surface area contributed by atoms with Crippen LogP contribution in [0.1, 0.15) is 19.4 Å². The lowest BCUT2D eigenvalue weighted by atomic mass is 10.2. The van der Waals surface area contributed by atoms with Gasteiger partial charge in [0.2, 0.25) is 0 Å². The second kappa shape index (κ2) is 10.8.